The zero-order valence-electron chi connectivity index (χ0n) is 9.09. The van der Waals surface area contributed by atoms with E-state index in [0.29, 0.717) is 13.1 Å². The van der Waals surface area contributed by atoms with E-state index in [4.69, 9.17) is 0 Å². The quantitative estimate of drug-likeness (QED) is 0.717. The Bertz CT molecular complexity index is 174. The maximum absolute atomic E-state index is 11.3. The molecule has 0 spiro atoms. The molecule has 0 atom stereocenters. The van der Waals surface area contributed by atoms with Crippen LogP contribution in [0.15, 0.2) is 0 Å². The lowest BCUT2D eigenvalue weighted by atomic mass is 10.5. The van der Waals surface area contributed by atoms with Crippen molar-refractivity contribution in [3.05, 3.63) is 0 Å². The monoisotopic (exact) mass is 201 g/mol. The average molecular weight is 201 g/mol. The minimum absolute atomic E-state index is 0.361. The predicted molar refractivity (Wildman–Crippen MR) is 55.1 cm³/mol. The van der Waals surface area contributed by atoms with Crippen LogP contribution in [0.25, 0.3) is 0 Å². The molecule has 0 aromatic carbocycles. The molecule has 82 valence electrons. The fourth-order valence-corrected chi connectivity index (χ4v) is 0.793. The normalized spacial score (nSPS) is 9.36. The highest BCUT2D eigenvalue weighted by molar-refractivity contribution is 5.93. The highest BCUT2D eigenvalue weighted by Gasteiger charge is 2.14. The highest BCUT2D eigenvalue weighted by atomic mass is 16.2. The third-order valence-corrected chi connectivity index (χ3v) is 1.66. The van der Waals surface area contributed by atoms with E-state index in [1.165, 1.54) is 7.05 Å². The Morgan fingerprint density at radius 1 is 1.00 bits per heavy atom. The van der Waals surface area contributed by atoms with Gasteiger partial charge in [0.1, 0.15) is 0 Å². The van der Waals surface area contributed by atoms with Crippen molar-refractivity contribution < 1.29 is 9.59 Å². The third kappa shape index (κ3) is 4.69. The number of urea groups is 2. The van der Waals surface area contributed by atoms with E-state index in [2.05, 4.69) is 10.6 Å². The molecule has 0 heterocycles. The lowest BCUT2D eigenvalue weighted by Gasteiger charge is -2.16. The van der Waals surface area contributed by atoms with Crippen molar-refractivity contribution in [2.75, 3.05) is 20.1 Å². The maximum Gasteiger partial charge on any atom is 0.325 e. The number of nitrogens with one attached hydrogen (secondary N) is 2. The molecule has 0 aromatic rings. The first-order valence-electron chi connectivity index (χ1n) is 4.92. The van der Waals surface area contributed by atoms with E-state index in [9.17, 15) is 9.59 Å². The summed E-state index contributed by atoms with van der Waals surface area (Å²) in [7, 11) is 1.45. The predicted octanol–water partition coefficient (Wildman–Crippen LogP) is 1.16. The fourth-order valence-electron chi connectivity index (χ4n) is 0.793. The van der Waals surface area contributed by atoms with Crippen LogP contribution in [-0.2, 0) is 0 Å². The van der Waals surface area contributed by atoms with E-state index in [-0.39, 0.29) is 12.1 Å². The molecule has 0 aliphatic rings. The summed E-state index contributed by atoms with van der Waals surface area (Å²) in [6.07, 6.45) is 1.71. The van der Waals surface area contributed by atoms with Crippen molar-refractivity contribution in [1.29, 1.82) is 0 Å². The summed E-state index contributed by atoms with van der Waals surface area (Å²) in [4.78, 5) is 23.6. The van der Waals surface area contributed by atoms with Crippen LogP contribution in [0.3, 0.4) is 0 Å². The van der Waals surface area contributed by atoms with Crippen LogP contribution < -0.4 is 10.6 Å². The molecule has 0 aliphatic heterocycles. The van der Waals surface area contributed by atoms with Crippen molar-refractivity contribution >= 4 is 12.1 Å². The number of imide groups is 1. The van der Waals surface area contributed by atoms with Crippen LogP contribution in [0.1, 0.15) is 26.7 Å². The second-order valence-electron chi connectivity index (χ2n) is 3.02. The van der Waals surface area contributed by atoms with E-state index in [1.54, 1.807) is 0 Å². The van der Waals surface area contributed by atoms with Gasteiger partial charge in [0.25, 0.3) is 0 Å². The van der Waals surface area contributed by atoms with Crippen LogP contribution in [0.4, 0.5) is 9.59 Å². The van der Waals surface area contributed by atoms with Crippen LogP contribution >= 0.6 is 0 Å². The molecule has 0 saturated carbocycles. The molecule has 0 bridgehead atoms. The number of rotatable bonds is 4. The van der Waals surface area contributed by atoms with Gasteiger partial charge in [-0.2, -0.15) is 0 Å². The molecular weight excluding hydrogens is 182 g/mol. The van der Waals surface area contributed by atoms with Crippen LogP contribution in [0.5, 0.6) is 0 Å². The molecule has 0 saturated heterocycles. The highest BCUT2D eigenvalue weighted by Crippen LogP contribution is 1.86. The molecule has 0 aliphatic carbocycles. The topological polar surface area (TPSA) is 61.4 Å². The van der Waals surface area contributed by atoms with Gasteiger partial charge in [0.05, 0.1) is 0 Å². The number of carbonyl (C=O) groups excluding carboxylic acids is 2. The molecule has 0 rings (SSSR count). The summed E-state index contributed by atoms with van der Waals surface area (Å²) in [5, 5.41) is 5.23. The van der Waals surface area contributed by atoms with Crippen molar-refractivity contribution in [3.63, 3.8) is 0 Å². The summed E-state index contributed by atoms with van der Waals surface area (Å²) in [6.45, 7) is 5.09. The van der Waals surface area contributed by atoms with Crippen LogP contribution in [0.2, 0.25) is 0 Å². The average Bonchev–Trinajstić information content (AvgIpc) is 2.21. The van der Waals surface area contributed by atoms with Crippen molar-refractivity contribution in [1.82, 2.24) is 15.5 Å². The van der Waals surface area contributed by atoms with Gasteiger partial charge in [0, 0.05) is 20.1 Å². The molecule has 4 amide bonds. The zero-order chi connectivity index (χ0) is 11.0. The van der Waals surface area contributed by atoms with Gasteiger partial charge >= 0.3 is 12.1 Å². The lowest BCUT2D eigenvalue weighted by molar-refractivity contribution is 0.194. The fraction of sp³-hybridized carbons (Fsp3) is 0.778. The van der Waals surface area contributed by atoms with Gasteiger partial charge in [-0.1, -0.05) is 13.8 Å². The summed E-state index contributed by atoms with van der Waals surface area (Å²) in [6, 6.07) is -0.721. The van der Waals surface area contributed by atoms with E-state index < -0.39 is 0 Å². The second kappa shape index (κ2) is 7.17. The first-order valence-corrected chi connectivity index (χ1v) is 4.92. The van der Waals surface area contributed by atoms with Gasteiger partial charge in [-0.05, 0) is 12.8 Å². The lowest BCUT2D eigenvalue weighted by Crippen LogP contribution is -2.46. The second-order valence-corrected chi connectivity index (χ2v) is 3.02. The third-order valence-electron chi connectivity index (χ3n) is 1.66. The number of amides is 4. The molecule has 5 nitrogen and oxygen atoms in total. The summed E-state index contributed by atoms with van der Waals surface area (Å²) >= 11 is 0. The van der Waals surface area contributed by atoms with E-state index in [1.807, 2.05) is 13.8 Å². The van der Waals surface area contributed by atoms with E-state index >= 15 is 0 Å². The van der Waals surface area contributed by atoms with Gasteiger partial charge in [-0.15, -0.1) is 0 Å². The van der Waals surface area contributed by atoms with Crippen molar-refractivity contribution in [3.8, 4) is 0 Å². The van der Waals surface area contributed by atoms with Gasteiger partial charge in [0.15, 0.2) is 0 Å². The molecule has 0 aromatic heterocycles. The summed E-state index contributed by atoms with van der Waals surface area (Å²) in [5.74, 6) is 0. The maximum atomic E-state index is 11.3. The van der Waals surface area contributed by atoms with Gasteiger partial charge in [-0.25, -0.2) is 14.5 Å². The Morgan fingerprint density at radius 2 is 1.36 bits per heavy atom. The Morgan fingerprint density at radius 3 is 1.64 bits per heavy atom. The first kappa shape index (κ1) is 12.7. The number of hydrogen-bond acceptors (Lipinski definition) is 2. The van der Waals surface area contributed by atoms with Crippen LogP contribution in [0, 0.1) is 0 Å². The Labute approximate surface area is 84.8 Å². The van der Waals surface area contributed by atoms with Crippen LogP contribution in [-0.4, -0.2) is 37.1 Å². The summed E-state index contributed by atoms with van der Waals surface area (Å²) in [5.41, 5.74) is 0. The molecule has 14 heavy (non-hydrogen) atoms. The number of hydrogen-bond donors (Lipinski definition) is 2. The smallest absolute Gasteiger partial charge is 0.325 e. The molecule has 5 heteroatoms. The number of carbonyl (C=O) groups is 2. The molecule has 2 N–H and O–H groups in total. The van der Waals surface area contributed by atoms with Crippen molar-refractivity contribution in [2.24, 2.45) is 0 Å². The molecule has 0 fully saturated rings. The van der Waals surface area contributed by atoms with E-state index in [0.717, 1.165) is 17.7 Å². The number of nitrogens with zero attached hydrogens (tertiary/aromatic N) is 1. The summed E-state index contributed by atoms with van der Waals surface area (Å²) < 4.78 is 0. The minimum Gasteiger partial charge on any atom is -0.338 e. The Hall–Kier alpha value is -1.26. The molecule has 0 radical (unpaired) electrons. The molecular formula is C9H19N3O2. The first-order chi connectivity index (χ1) is 6.63. The minimum atomic E-state index is -0.361. The largest absolute Gasteiger partial charge is 0.338 e. The van der Waals surface area contributed by atoms with Gasteiger partial charge in [0.2, 0.25) is 0 Å². The standard InChI is InChI=1S/C9H19N3O2/c1-4-6-10-8(13)12(3)9(14)11-7-5-2/h4-7H2,1-3H3,(H,10,13)(H,11,14). The Balaban J connectivity index is 3.85. The van der Waals surface area contributed by atoms with Crippen molar-refractivity contribution in [2.45, 2.75) is 26.7 Å². The van der Waals surface area contributed by atoms with Gasteiger partial charge < -0.3 is 10.6 Å². The Kier molecular flexibility index (Phi) is 6.53. The zero-order valence-corrected chi connectivity index (χ0v) is 9.09. The van der Waals surface area contributed by atoms with Gasteiger partial charge in [-0.3, -0.25) is 0 Å². The molecule has 0 unspecified atom stereocenters. The SMILES string of the molecule is CCCNC(=O)N(C)C(=O)NCCC.